The molecule has 1 heterocycles. The molecule has 2 rings (SSSR count). The highest BCUT2D eigenvalue weighted by Crippen LogP contribution is 2.25. The lowest BCUT2D eigenvalue weighted by Gasteiger charge is -2.21. The molecule has 2 unspecified atom stereocenters. The van der Waals surface area contributed by atoms with Gasteiger partial charge in [0.25, 0.3) is 0 Å². The van der Waals surface area contributed by atoms with E-state index >= 15 is 0 Å². The van der Waals surface area contributed by atoms with E-state index < -0.39 is 0 Å². The number of likely N-dealkylation sites (tertiary alicyclic amines) is 1. The van der Waals surface area contributed by atoms with Crippen molar-refractivity contribution in [3.05, 3.63) is 0 Å². The maximum atomic E-state index is 9.79. The summed E-state index contributed by atoms with van der Waals surface area (Å²) in [5.74, 6) is 1.43. The minimum Gasteiger partial charge on any atom is -0.393 e. The van der Waals surface area contributed by atoms with E-state index in [2.05, 4.69) is 17.1 Å². The van der Waals surface area contributed by atoms with Crippen molar-refractivity contribution in [2.45, 2.75) is 45.1 Å². The quantitative estimate of drug-likeness (QED) is 0.575. The standard InChI is InChI=1S/C13H25N3O/c1-2-14-13(16-8-3-4-9-16)15-10-11-6-5-7-12(11)17/h11-12,17H,2-10H2,1H3,(H,14,15). The number of rotatable bonds is 3. The monoisotopic (exact) mass is 239 g/mol. The molecule has 4 heteroatoms. The molecule has 0 aromatic rings. The van der Waals surface area contributed by atoms with Crippen LogP contribution in [0.5, 0.6) is 0 Å². The van der Waals surface area contributed by atoms with E-state index in [0.717, 1.165) is 51.4 Å². The maximum Gasteiger partial charge on any atom is 0.193 e. The Morgan fingerprint density at radius 3 is 2.65 bits per heavy atom. The number of nitrogens with one attached hydrogen (secondary N) is 1. The molecular formula is C13H25N3O. The third kappa shape index (κ3) is 3.35. The topological polar surface area (TPSA) is 47.9 Å². The SMILES string of the molecule is CCNC(=NCC1CCCC1O)N1CCCC1. The predicted molar refractivity (Wildman–Crippen MR) is 70.1 cm³/mol. The average molecular weight is 239 g/mol. The summed E-state index contributed by atoms with van der Waals surface area (Å²) in [4.78, 5) is 7.04. The summed E-state index contributed by atoms with van der Waals surface area (Å²) in [5.41, 5.74) is 0. The van der Waals surface area contributed by atoms with Crippen LogP contribution >= 0.6 is 0 Å². The number of aliphatic imine (C=N–C) groups is 1. The molecule has 2 atom stereocenters. The van der Waals surface area contributed by atoms with Crippen molar-refractivity contribution >= 4 is 5.96 Å². The highest BCUT2D eigenvalue weighted by Gasteiger charge is 2.25. The first-order valence-electron chi connectivity index (χ1n) is 7.02. The minimum absolute atomic E-state index is 0.125. The summed E-state index contributed by atoms with van der Waals surface area (Å²) < 4.78 is 0. The summed E-state index contributed by atoms with van der Waals surface area (Å²) in [6, 6.07) is 0. The summed E-state index contributed by atoms with van der Waals surface area (Å²) in [7, 11) is 0. The zero-order chi connectivity index (χ0) is 12.1. The Labute approximate surface area is 104 Å². The van der Waals surface area contributed by atoms with Crippen LogP contribution in [0.2, 0.25) is 0 Å². The summed E-state index contributed by atoms with van der Waals surface area (Å²) in [5, 5.41) is 13.2. The van der Waals surface area contributed by atoms with Gasteiger partial charge in [-0.1, -0.05) is 6.42 Å². The zero-order valence-electron chi connectivity index (χ0n) is 10.9. The van der Waals surface area contributed by atoms with Crippen molar-refractivity contribution in [3.63, 3.8) is 0 Å². The zero-order valence-corrected chi connectivity index (χ0v) is 10.9. The molecular weight excluding hydrogens is 214 g/mol. The normalized spacial score (nSPS) is 30.0. The highest BCUT2D eigenvalue weighted by atomic mass is 16.3. The van der Waals surface area contributed by atoms with Gasteiger partial charge in [0.1, 0.15) is 0 Å². The van der Waals surface area contributed by atoms with Crippen LogP contribution in [-0.2, 0) is 0 Å². The Kier molecular flexibility index (Phi) is 4.66. The Morgan fingerprint density at radius 1 is 1.29 bits per heavy atom. The maximum absolute atomic E-state index is 9.79. The van der Waals surface area contributed by atoms with Gasteiger partial charge in [-0.15, -0.1) is 0 Å². The molecule has 0 radical (unpaired) electrons. The van der Waals surface area contributed by atoms with E-state index in [-0.39, 0.29) is 6.10 Å². The second kappa shape index (κ2) is 6.24. The highest BCUT2D eigenvalue weighted by molar-refractivity contribution is 5.80. The average Bonchev–Trinajstić information content (AvgIpc) is 2.96. The fourth-order valence-corrected chi connectivity index (χ4v) is 2.79. The molecule has 1 saturated heterocycles. The van der Waals surface area contributed by atoms with Crippen LogP contribution in [0.1, 0.15) is 39.0 Å². The first kappa shape index (κ1) is 12.7. The Hall–Kier alpha value is -0.770. The third-order valence-electron chi connectivity index (χ3n) is 3.84. The van der Waals surface area contributed by atoms with Crippen molar-refractivity contribution in [1.82, 2.24) is 10.2 Å². The first-order valence-corrected chi connectivity index (χ1v) is 7.02. The van der Waals surface area contributed by atoms with Gasteiger partial charge >= 0.3 is 0 Å². The van der Waals surface area contributed by atoms with Crippen LogP contribution in [0.15, 0.2) is 4.99 Å². The predicted octanol–water partition coefficient (Wildman–Crippen LogP) is 1.21. The first-order chi connectivity index (χ1) is 8.31. The molecule has 0 aromatic heterocycles. The third-order valence-corrected chi connectivity index (χ3v) is 3.84. The molecule has 1 saturated carbocycles. The molecule has 1 aliphatic heterocycles. The number of hydrogen-bond donors (Lipinski definition) is 2. The molecule has 98 valence electrons. The molecule has 0 spiro atoms. The number of aliphatic hydroxyl groups excluding tert-OH is 1. The molecule has 0 bridgehead atoms. The Bertz CT molecular complexity index is 261. The summed E-state index contributed by atoms with van der Waals surface area (Å²) in [6.45, 7) is 6.05. The van der Waals surface area contributed by atoms with Gasteiger partial charge < -0.3 is 15.3 Å². The molecule has 2 fully saturated rings. The van der Waals surface area contributed by atoms with Gasteiger partial charge in [0.05, 0.1) is 6.10 Å². The van der Waals surface area contributed by atoms with Crippen LogP contribution in [0.3, 0.4) is 0 Å². The van der Waals surface area contributed by atoms with Crippen molar-refractivity contribution in [2.75, 3.05) is 26.2 Å². The van der Waals surface area contributed by atoms with Gasteiger partial charge in [0.2, 0.25) is 0 Å². The van der Waals surface area contributed by atoms with E-state index in [9.17, 15) is 5.11 Å². The van der Waals surface area contributed by atoms with Crippen molar-refractivity contribution < 1.29 is 5.11 Å². The Balaban J connectivity index is 1.89. The van der Waals surface area contributed by atoms with Crippen LogP contribution in [0, 0.1) is 5.92 Å². The van der Waals surface area contributed by atoms with Crippen LogP contribution in [0.25, 0.3) is 0 Å². The largest absolute Gasteiger partial charge is 0.393 e. The van der Waals surface area contributed by atoms with Crippen LogP contribution in [0.4, 0.5) is 0 Å². The van der Waals surface area contributed by atoms with E-state index in [0.29, 0.717) is 5.92 Å². The fraction of sp³-hybridized carbons (Fsp3) is 0.923. The molecule has 2 aliphatic rings. The lowest BCUT2D eigenvalue weighted by atomic mass is 10.1. The molecule has 1 aliphatic carbocycles. The van der Waals surface area contributed by atoms with Crippen molar-refractivity contribution in [3.8, 4) is 0 Å². The van der Waals surface area contributed by atoms with Crippen LogP contribution < -0.4 is 5.32 Å². The number of guanidine groups is 1. The minimum atomic E-state index is -0.125. The van der Waals surface area contributed by atoms with Crippen molar-refractivity contribution in [2.24, 2.45) is 10.9 Å². The van der Waals surface area contributed by atoms with Gasteiger partial charge in [-0.3, -0.25) is 4.99 Å². The molecule has 0 aromatic carbocycles. The second-order valence-corrected chi connectivity index (χ2v) is 5.15. The van der Waals surface area contributed by atoms with Crippen molar-refractivity contribution in [1.29, 1.82) is 0 Å². The van der Waals surface area contributed by atoms with E-state index in [4.69, 9.17) is 4.99 Å². The van der Waals surface area contributed by atoms with Gasteiger partial charge in [-0.2, -0.15) is 0 Å². The van der Waals surface area contributed by atoms with Gasteiger partial charge in [-0.25, -0.2) is 0 Å². The fourth-order valence-electron chi connectivity index (χ4n) is 2.79. The Morgan fingerprint density at radius 2 is 2.06 bits per heavy atom. The lowest BCUT2D eigenvalue weighted by Crippen LogP contribution is -2.40. The number of aliphatic hydroxyl groups is 1. The van der Waals surface area contributed by atoms with Gasteiger partial charge in [0.15, 0.2) is 5.96 Å². The summed E-state index contributed by atoms with van der Waals surface area (Å²) >= 11 is 0. The molecule has 4 nitrogen and oxygen atoms in total. The second-order valence-electron chi connectivity index (χ2n) is 5.15. The lowest BCUT2D eigenvalue weighted by molar-refractivity contribution is 0.136. The molecule has 0 amide bonds. The van der Waals surface area contributed by atoms with Gasteiger partial charge in [-0.05, 0) is 32.6 Å². The van der Waals surface area contributed by atoms with Crippen LogP contribution in [-0.4, -0.2) is 48.2 Å². The molecule has 17 heavy (non-hydrogen) atoms. The summed E-state index contributed by atoms with van der Waals surface area (Å²) in [6.07, 6.45) is 5.67. The smallest absolute Gasteiger partial charge is 0.193 e. The number of nitrogens with zero attached hydrogens (tertiary/aromatic N) is 2. The van der Waals surface area contributed by atoms with E-state index in [1.165, 1.54) is 12.8 Å². The van der Waals surface area contributed by atoms with E-state index in [1.54, 1.807) is 0 Å². The number of hydrogen-bond acceptors (Lipinski definition) is 2. The molecule has 2 N–H and O–H groups in total. The van der Waals surface area contributed by atoms with Gasteiger partial charge in [0, 0.05) is 32.1 Å². The van der Waals surface area contributed by atoms with E-state index in [1.807, 2.05) is 0 Å².